The molecule has 0 spiro atoms. The minimum atomic E-state index is -3.75. The highest BCUT2D eigenvalue weighted by molar-refractivity contribution is 7.89. The molecule has 3 rings (SSSR count). The number of piperazine rings is 1. The second-order valence-corrected chi connectivity index (χ2v) is 9.61. The number of esters is 1. The molecule has 0 radical (unpaired) electrons. The van der Waals surface area contributed by atoms with Crippen LogP contribution in [0.2, 0.25) is 0 Å². The Morgan fingerprint density at radius 2 is 1.58 bits per heavy atom. The summed E-state index contributed by atoms with van der Waals surface area (Å²) in [5.41, 5.74) is 1.08. The highest BCUT2D eigenvalue weighted by atomic mass is 32.2. The van der Waals surface area contributed by atoms with E-state index in [9.17, 15) is 22.8 Å². The van der Waals surface area contributed by atoms with Crippen molar-refractivity contribution in [3.05, 3.63) is 65.7 Å². The monoisotopic (exact) mass is 473 g/mol. The van der Waals surface area contributed by atoms with Crippen LogP contribution in [0.15, 0.2) is 59.5 Å². The van der Waals surface area contributed by atoms with Crippen LogP contribution in [-0.2, 0) is 30.8 Å². The van der Waals surface area contributed by atoms with Gasteiger partial charge < -0.3 is 15.0 Å². The summed E-state index contributed by atoms with van der Waals surface area (Å²) < 4.78 is 32.0. The number of carbonyl (C=O) groups excluding carboxylic acids is 3. The minimum absolute atomic E-state index is 0.0594. The summed E-state index contributed by atoms with van der Waals surface area (Å²) in [4.78, 5) is 38.0. The first-order chi connectivity index (χ1) is 15.7. The number of nitrogens with zero attached hydrogens (tertiary/aromatic N) is 2. The molecule has 1 atom stereocenters. The van der Waals surface area contributed by atoms with Crippen molar-refractivity contribution in [2.45, 2.75) is 24.3 Å². The molecule has 9 nitrogen and oxygen atoms in total. The van der Waals surface area contributed by atoms with Crippen molar-refractivity contribution in [1.29, 1.82) is 0 Å². The highest BCUT2D eigenvalue weighted by Gasteiger charge is 2.29. The van der Waals surface area contributed by atoms with Crippen LogP contribution in [0.25, 0.3) is 0 Å². The summed E-state index contributed by atoms with van der Waals surface area (Å²) in [5, 5.41) is 2.66. The number of benzene rings is 2. The van der Waals surface area contributed by atoms with E-state index in [-0.39, 0.29) is 35.9 Å². The van der Waals surface area contributed by atoms with E-state index in [1.165, 1.54) is 42.6 Å². The van der Waals surface area contributed by atoms with Crippen LogP contribution in [0.4, 0.5) is 0 Å². The molecule has 1 N–H and O–H groups in total. The first-order valence-electron chi connectivity index (χ1n) is 10.5. The quantitative estimate of drug-likeness (QED) is 0.602. The zero-order valence-corrected chi connectivity index (χ0v) is 19.4. The maximum absolute atomic E-state index is 12.9. The minimum Gasteiger partial charge on any atom is -0.467 e. The molecular formula is C23H27N3O6S. The fraction of sp³-hybridized carbons (Fsp3) is 0.348. The molecule has 2 amide bonds. The Labute approximate surface area is 193 Å². The molecular weight excluding hydrogens is 446 g/mol. The second kappa shape index (κ2) is 10.6. The number of ether oxygens (including phenoxy) is 1. The van der Waals surface area contributed by atoms with E-state index >= 15 is 0 Å². The summed E-state index contributed by atoms with van der Waals surface area (Å²) in [7, 11) is -2.49. The number of hydrogen-bond donors (Lipinski definition) is 1. The van der Waals surface area contributed by atoms with Gasteiger partial charge in [0.05, 0.1) is 12.0 Å². The SMILES string of the molecule is COC(=O)[C@H](Cc1ccccc1)NC(=O)c1ccc(S(=O)(=O)N2CCN(C(C)=O)CC2)cc1. The molecule has 176 valence electrons. The molecule has 0 aromatic heterocycles. The van der Waals surface area contributed by atoms with E-state index in [0.717, 1.165) is 5.56 Å². The van der Waals surface area contributed by atoms with E-state index in [1.807, 2.05) is 30.3 Å². The van der Waals surface area contributed by atoms with Gasteiger partial charge in [0.1, 0.15) is 6.04 Å². The van der Waals surface area contributed by atoms with E-state index in [2.05, 4.69) is 5.32 Å². The van der Waals surface area contributed by atoms with Gasteiger partial charge in [0.15, 0.2) is 0 Å². The van der Waals surface area contributed by atoms with E-state index in [4.69, 9.17) is 4.74 Å². The molecule has 1 saturated heterocycles. The van der Waals surface area contributed by atoms with Crippen LogP contribution in [0.5, 0.6) is 0 Å². The molecule has 2 aromatic rings. The summed E-state index contributed by atoms with van der Waals surface area (Å²) in [6.07, 6.45) is 0.262. The first-order valence-corrected chi connectivity index (χ1v) is 11.9. The lowest BCUT2D eigenvalue weighted by Gasteiger charge is -2.33. The third-order valence-electron chi connectivity index (χ3n) is 5.51. The topological polar surface area (TPSA) is 113 Å². The van der Waals surface area contributed by atoms with Crippen LogP contribution in [0.3, 0.4) is 0 Å². The predicted molar refractivity (Wildman–Crippen MR) is 121 cm³/mol. The maximum Gasteiger partial charge on any atom is 0.328 e. The van der Waals surface area contributed by atoms with Crippen molar-refractivity contribution in [1.82, 2.24) is 14.5 Å². The molecule has 1 aliphatic heterocycles. The van der Waals surface area contributed by atoms with Gasteiger partial charge in [-0.3, -0.25) is 9.59 Å². The number of hydrogen-bond acceptors (Lipinski definition) is 6. The molecule has 2 aromatic carbocycles. The van der Waals surface area contributed by atoms with Gasteiger partial charge in [-0.05, 0) is 29.8 Å². The van der Waals surface area contributed by atoms with E-state index in [1.54, 1.807) is 4.90 Å². The largest absolute Gasteiger partial charge is 0.467 e. The number of amides is 2. The number of carbonyl (C=O) groups is 3. The molecule has 33 heavy (non-hydrogen) atoms. The van der Waals surface area contributed by atoms with Gasteiger partial charge >= 0.3 is 5.97 Å². The third-order valence-corrected chi connectivity index (χ3v) is 7.42. The summed E-state index contributed by atoms with van der Waals surface area (Å²) in [6.45, 7) is 2.56. The first kappa shape index (κ1) is 24.4. The van der Waals surface area contributed by atoms with Gasteiger partial charge in [0.2, 0.25) is 15.9 Å². The molecule has 0 saturated carbocycles. The van der Waals surface area contributed by atoms with Crippen molar-refractivity contribution in [2.24, 2.45) is 0 Å². The van der Waals surface area contributed by atoms with Crippen molar-refractivity contribution >= 4 is 27.8 Å². The van der Waals surface area contributed by atoms with Crippen LogP contribution < -0.4 is 5.32 Å². The van der Waals surface area contributed by atoms with Gasteiger partial charge in [0.25, 0.3) is 5.91 Å². The summed E-state index contributed by atoms with van der Waals surface area (Å²) >= 11 is 0. The number of methoxy groups -OCH3 is 1. The normalized spacial score (nSPS) is 15.5. The Balaban J connectivity index is 1.68. The second-order valence-electron chi connectivity index (χ2n) is 7.67. The van der Waals surface area contributed by atoms with Crippen LogP contribution in [0, 0.1) is 0 Å². The number of sulfonamides is 1. The Hall–Kier alpha value is -3.24. The van der Waals surface area contributed by atoms with Gasteiger partial charge in [-0.1, -0.05) is 30.3 Å². The summed E-state index contributed by atoms with van der Waals surface area (Å²) in [5.74, 6) is -1.17. The third kappa shape index (κ3) is 5.96. The van der Waals surface area contributed by atoms with Crippen LogP contribution >= 0.6 is 0 Å². The Morgan fingerprint density at radius 1 is 0.970 bits per heavy atom. The molecule has 0 aliphatic carbocycles. The highest BCUT2D eigenvalue weighted by Crippen LogP contribution is 2.19. The predicted octanol–water partition coefficient (Wildman–Crippen LogP) is 1.05. The van der Waals surface area contributed by atoms with Crippen LogP contribution in [-0.4, -0.2) is 74.7 Å². The van der Waals surface area contributed by atoms with Crippen molar-refractivity contribution < 1.29 is 27.5 Å². The van der Waals surface area contributed by atoms with E-state index < -0.39 is 27.9 Å². The molecule has 1 fully saturated rings. The molecule has 1 aliphatic rings. The molecule has 1 heterocycles. The number of nitrogens with one attached hydrogen (secondary N) is 1. The zero-order chi connectivity index (χ0) is 24.0. The molecule has 0 bridgehead atoms. The number of rotatable bonds is 7. The molecule has 10 heteroatoms. The fourth-order valence-corrected chi connectivity index (χ4v) is 5.02. The van der Waals surface area contributed by atoms with Crippen molar-refractivity contribution in [2.75, 3.05) is 33.3 Å². The lowest BCUT2D eigenvalue weighted by molar-refractivity contribution is -0.142. The average molecular weight is 474 g/mol. The standard InChI is InChI=1S/C23H27N3O6S/c1-17(27)25-12-14-26(15-13-25)33(30,31)20-10-8-19(9-11-20)22(28)24-21(23(29)32-2)16-18-6-4-3-5-7-18/h3-11,21H,12-16H2,1-2H3,(H,24,28)/t21-/m0/s1. The van der Waals surface area contributed by atoms with Gasteiger partial charge in [-0.2, -0.15) is 4.31 Å². The lowest BCUT2D eigenvalue weighted by atomic mass is 10.1. The Morgan fingerprint density at radius 3 is 2.12 bits per heavy atom. The maximum atomic E-state index is 12.9. The lowest BCUT2D eigenvalue weighted by Crippen LogP contribution is -2.49. The van der Waals surface area contributed by atoms with Crippen molar-refractivity contribution in [3.8, 4) is 0 Å². The van der Waals surface area contributed by atoms with Gasteiger partial charge in [-0.25, -0.2) is 13.2 Å². The van der Waals surface area contributed by atoms with Crippen molar-refractivity contribution in [3.63, 3.8) is 0 Å². The zero-order valence-electron chi connectivity index (χ0n) is 18.6. The fourth-order valence-electron chi connectivity index (χ4n) is 3.60. The smallest absolute Gasteiger partial charge is 0.328 e. The summed E-state index contributed by atoms with van der Waals surface area (Å²) in [6, 6.07) is 13.9. The Bertz CT molecular complexity index is 1090. The van der Waals surface area contributed by atoms with Crippen LogP contribution in [0.1, 0.15) is 22.8 Å². The van der Waals surface area contributed by atoms with Gasteiger partial charge in [0, 0.05) is 45.1 Å². The molecule has 0 unspecified atom stereocenters. The van der Waals surface area contributed by atoms with E-state index in [0.29, 0.717) is 13.1 Å². The Kier molecular flexibility index (Phi) is 7.83. The van der Waals surface area contributed by atoms with Gasteiger partial charge in [-0.15, -0.1) is 0 Å². The average Bonchev–Trinajstić information content (AvgIpc) is 2.83.